The van der Waals surface area contributed by atoms with Gasteiger partial charge in [0, 0.05) is 5.56 Å². The van der Waals surface area contributed by atoms with Gasteiger partial charge in [0.2, 0.25) is 0 Å². The lowest BCUT2D eigenvalue weighted by Gasteiger charge is -2.08. The third-order valence-electron chi connectivity index (χ3n) is 4.95. The van der Waals surface area contributed by atoms with Crippen LogP contribution in [0.3, 0.4) is 0 Å². The zero-order valence-corrected chi connectivity index (χ0v) is 15.4. The second-order valence-corrected chi connectivity index (χ2v) is 6.86. The third kappa shape index (κ3) is 2.33. The largest absolute Gasteiger partial charge is 0.265 e. The molecule has 0 saturated carbocycles. The van der Waals surface area contributed by atoms with Gasteiger partial charge in [0.1, 0.15) is 6.33 Å². The van der Waals surface area contributed by atoms with Crippen LogP contribution in [0.25, 0.3) is 33.8 Å². The number of rotatable bonds is 2. The normalized spacial score (nSPS) is 11.5. The zero-order chi connectivity index (χ0) is 18.5. The average Bonchev–Trinajstić information content (AvgIpc) is 3.28. The molecule has 0 aliphatic heterocycles. The Hall–Kier alpha value is -3.54. The molecule has 0 atom stereocenters. The molecule has 0 N–H and O–H groups in total. The summed E-state index contributed by atoms with van der Waals surface area (Å²) in [5.74, 6) is 0.789. The third-order valence-corrected chi connectivity index (χ3v) is 4.95. The molecule has 0 aliphatic rings. The Balaban J connectivity index is 1.76. The van der Waals surface area contributed by atoms with Gasteiger partial charge in [0.15, 0.2) is 17.1 Å². The predicted octanol–water partition coefficient (Wildman–Crippen LogP) is 4.06. The topological polar surface area (TPSA) is 60.9 Å². The van der Waals surface area contributed by atoms with Gasteiger partial charge in [-0.3, -0.25) is 4.40 Å². The van der Waals surface area contributed by atoms with Gasteiger partial charge in [-0.1, -0.05) is 36.4 Å². The minimum Gasteiger partial charge on any atom is -0.265 e. The number of fused-ring (bicyclic) bond motifs is 3. The van der Waals surface area contributed by atoms with Crippen LogP contribution in [0.15, 0.2) is 55.0 Å². The Morgan fingerprint density at radius 3 is 2.56 bits per heavy atom. The van der Waals surface area contributed by atoms with E-state index in [4.69, 9.17) is 0 Å². The number of aryl methyl sites for hydroxylation is 3. The van der Waals surface area contributed by atoms with Crippen molar-refractivity contribution in [2.45, 2.75) is 20.8 Å². The quantitative estimate of drug-likeness (QED) is 0.480. The zero-order valence-electron chi connectivity index (χ0n) is 15.4. The van der Waals surface area contributed by atoms with Crippen molar-refractivity contribution in [2.75, 3.05) is 0 Å². The van der Waals surface area contributed by atoms with E-state index in [1.165, 1.54) is 5.56 Å². The van der Waals surface area contributed by atoms with Crippen molar-refractivity contribution in [3.63, 3.8) is 0 Å². The number of hydrogen-bond acceptors (Lipinski definition) is 4. The lowest BCUT2D eigenvalue weighted by molar-refractivity contribution is 0.884. The summed E-state index contributed by atoms with van der Waals surface area (Å²) in [4.78, 5) is 4.69. The highest BCUT2D eigenvalue weighted by molar-refractivity contribution is 5.90. The van der Waals surface area contributed by atoms with Gasteiger partial charge in [0.25, 0.3) is 0 Å². The van der Waals surface area contributed by atoms with Crippen LogP contribution in [0.5, 0.6) is 0 Å². The number of benzene rings is 2. The van der Waals surface area contributed by atoms with Crippen molar-refractivity contribution in [3.8, 4) is 17.1 Å². The predicted molar refractivity (Wildman–Crippen MR) is 105 cm³/mol. The monoisotopic (exact) mass is 354 g/mol. The van der Waals surface area contributed by atoms with E-state index in [1.54, 1.807) is 6.33 Å². The molecule has 0 spiro atoms. The summed E-state index contributed by atoms with van der Waals surface area (Å²) in [6.07, 6.45) is 3.60. The highest BCUT2D eigenvalue weighted by Crippen LogP contribution is 2.26. The van der Waals surface area contributed by atoms with Crippen LogP contribution in [0.1, 0.15) is 16.7 Å². The molecule has 132 valence electrons. The maximum absolute atomic E-state index is 4.69. The fourth-order valence-electron chi connectivity index (χ4n) is 3.45. The number of nitrogens with zero attached hydrogens (tertiary/aromatic N) is 6. The minimum absolute atomic E-state index is 0.759. The second kappa shape index (κ2) is 5.74. The summed E-state index contributed by atoms with van der Waals surface area (Å²) in [5.41, 5.74) is 7.10. The Morgan fingerprint density at radius 1 is 0.852 bits per heavy atom. The lowest BCUT2D eigenvalue weighted by Crippen LogP contribution is -2.01. The number of hydrogen-bond donors (Lipinski definition) is 0. The molecule has 6 heteroatoms. The SMILES string of the molecule is Cc1ccc(C)c(-n2ncc3c2ncn2c(-c4ccccc4C)nnc32)c1. The second-order valence-electron chi connectivity index (χ2n) is 6.86. The fraction of sp³-hybridized carbons (Fsp3) is 0.143. The molecule has 0 bridgehead atoms. The molecule has 27 heavy (non-hydrogen) atoms. The van der Waals surface area contributed by atoms with Crippen LogP contribution >= 0.6 is 0 Å². The van der Waals surface area contributed by atoms with E-state index in [1.807, 2.05) is 27.4 Å². The summed E-state index contributed by atoms with van der Waals surface area (Å²) in [5, 5.41) is 14.3. The molecule has 3 aromatic heterocycles. The Labute approximate surface area is 156 Å². The highest BCUT2D eigenvalue weighted by Gasteiger charge is 2.16. The van der Waals surface area contributed by atoms with Crippen LogP contribution in [0, 0.1) is 20.8 Å². The van der Waals surface area contributed by atoms with Crippen molar-refractivity contribution < 1.29 is 0 Å². The molecular weight excluding hydrogens is 336 g/mol. The van der Waals surface area contributed by atoms with Crippen LogP contribution in [-0.4, -0.2) is 29.4 Å². The fourth-order valence-corrected chi connectivity index (χ4v) is 3.45. The van der Waals surface area contributed by atoms with Gasteiger partial charge in [-0.2, -0.15) is 5.10 Å². The lowest BCUT2D eigenvalue weighted by atomic mass is 10.1. The standard InChI is InChI=1S/C21H18N6/c1-13-8-9-15(3)18(10-13)27-19-17(11-23-27)21-25-24-20(26(21)12-22-19)16-7-5-4-6-14(16)2/h4-12H,1-3H3. The van der Waals surface area contributed by atoms with E-state index in [9.17, 15) is 0 Å². The molecule has 0 radical (unpaired) electrons. The van der Waals surface area contributed by atoms with E-state index < -0.39 is 0 Å². The van der Waals surface area contributed by atoms with Crippen molar-refractivity contribution in [3.05, 3.63) is 71.7 Å². The van der Waals surface area contributed by atoms with Crippen molar-refractivity contribution in [2.24, 2.45) is 0 Å². The Kier molecular flexibility index (Phi) is 3.33. The van der Waals surface area contributed by atoms with Gasteiger partial charge < -0.3 is 0 Å². The van der Waals surface area contributed by atoms with E-state index >= 15 is 0 Å². The summed E-state index contributed by atoms with van der Waals surface area (Å²) in [6, 6.07) is 14.5. The van der Waals surface area contributed by atoms with Gasteiger partial charge in [-0.05, 0) is 43.5 Å². The van der Waals surface area contributed by atoms with E-state index in [0.717, 1.165) is 44.9 Å². The molecule has 0 unspecified atom stereocenters. The van der Waals surface area contributed by atoms with Gasteiger partial charge in [0.05, 0.1) is 17.3 Å². The van der Waals surface area contributed by atoms with E-state index in [0.29, 0.717) is 0 Å². The molecule has 0 aliphatic carbocycles. The van der Waals surface area contributed by atoms with Crippen LogP contribution in [0.2, 0.25) is 0 Å². The molecule has 5 rings (SSSR count). The molecule has 3 heterocycles. The van der Waals surface area contributed by atoms with Crippen molar-refractivity contribution >= 4 is 16.7 Å². The van der Waals surface area contributed by atoms with Gasteiger partial charge in [-0.15, -0.1) is 10.2 Å². The van der Waals surface area contributed by atoms with Crippen LogP contribution in [0.4, 0.5) is 0 Å². The molecule has 0 saturated heterocycles. The molecule has 0 amide bonds. The molecule has 6 nitrogen and oxygen atoms in total. The minimum atomic E-state index is 0.759. The van der Waals surface area contributed by atoms with E-state index in [2.05, 4.69) is 71.4 Å². The van der Waals surface area contributed by atoms with Crippen molar-refractivity contribution in [1.82, 2.24) is 29.4 Å². The van der Waals surface area contributed by atoms with Gasteiger partial charge in [-0.25, -0.2) is 9.67 Å². The maximum atomic E-state index is 4.69. The first kappa shape index (κ1) is 15.7. The van der Waals surface area contributed by atoms with E-state index in [-0.39, 0.29) is 0 Å². The summed E-state index contributed by atoms with van der Waals surface area (Å²) < 4.78 is 3.81. The molecular formula is C21H18N6. The van der Waals surface area contributed by atoms with Crippen molar-refractivity contribution in [1.29, 1.82) is 0 Å². The first-order valence-electron chi connectivity index (χ1n) is 8.84. The highest BCUT2D eigenvalue weighted by atomic mass is 15.3. The average molecular weight is 354 g/mol. The molecule has 0 fully saturated rings. The Bertz CT molecular complexity index is 1310. The van der Waals surface area contributed by atoms with Crippen LogP contribution in [-0.2, 0) is 0 Å². The summed E-state index contributed by atoms with van der Waals surface area (Å²) in [6.45, 7) is 6.22. The smallest absolute Gasteiger partial charge is 0.175 e. The first-order valence-corrected chi connectivity index (χ1v) is 8.84. The summed E-state index contributed by atoms with van der Waals surface area (Å²) >= 11 is 0. The number of aromatic nitrogens is 6. The summed E-state index contributed by atoms with van der Waals surface area (Å²) in [7, 11) is 0. The van der Waals surface area contributed by atoms with Crippen LogP contribution < -0.4 is 0 Å². The van der Waals surface area contributed by atoms with Gasteiger partial charge >= 0.3 is 0 Å². The molecule has 5 aromatic rings. The first-order chi connectivity index (χ1) is 13.1. The Morgan fingerprint density at radius 2 is 1.70 bits per heavy atom. The maximum Gasteiger partial charge on any atom is 0.175 e. The molecule has 2 aromatic carbocycles.